The maximum atomic E-state index is 5.28. The SMILES string of the molecule is CC(C)(C)C1CCC1.CC(C)(C)C1CCOC1.CC(C)C1CCCCC1. The zero-order valence-electron chi connectivity index (χ0n) is 19.5. The molecule has 1 heterocycles. The summed E-state index contributed by atoms with van der Waals surface area (Å²) in [5, 5.41) is 0. The molecule has 1 nitrogen and oxygen atoms in total. The topological polar surface area (TPSA) is 9.23 Å². The van der Waals surface area contributed by atoms with Crippen LogP contribution in [0.1, 0.15) is 113 Å². The molecule has 3 fully saturated rings. The fraction of sp³-hybridized carbons (Fsp3) is 1.00. The quantitative estimate of drug-likeness (QED) is 0.455. The molecule has 1 unspecified atom stereocenters. The van der Waals surface area contributed by atoms with E-state index in [4.69, 9.17) is 4.74 Å². The van der Waals surface area contributed by atoms with Gasteiger partial charge >= 0.3 is 0 Å². The smallest absolute Gasteiger partial charge is 0.0500 e. The van der Waals surface area contributed by atoms with Gasteiger partial charge in [0.05, 0.1) is 0 Å². The predicted molar refractivity (Wildman–Crippen MR) is 117 cm³/mol. The predicted octanol–water partition coefficient (Wildman–Crippen LogP) is 8.12. The Kier molecular flexibility index (Phi) is 10.2. The highest BCUT2D eigenvalue weighted by Crippen LogP contribution is 2.40. The van der Waals surface area contributed by atoms with E-state index >= 15 is 0 Å². The zero-order valence-corrected chi connectivity index (χ0v) is 19.5. The van der Waals surface area contributed by atoms with Crippen molar-refractivity contribution >= 4 is 0 Å². The largest absolute Gasteiger partial charge is 0.381 e. The summed E-state index contributed by atoms with van der Waals surface area (Å²) in [5.74, 6) is 3.81. The van der Waals surface area contributed by atoms with Crippen LogP contribution in [0.5, 0.6) is 0 Å². The van der Waals surface area contributed by atoms with Crippen LogP contribution in [-0.4, -0.2) is 13.2 Å². The molecule has 0 radical (unpaired) electrons. The van der Waals surface area contributed by atoms with Crippen LogP contribution in [0.4, 0.5) is 0 Å². The Morgan fingerprint density at radius 3 is 1.38 bits per heavy atom. The molecule has 1 saturated heterocycles. The average Bonchev–Trinajstić information content (AvgIpc) is 3.00. The van der Waals surface area contributed by atoms with Crippen molar-refractivity contribution in [2.45, 2.75) is 113 Å². The molecule has 1 aliphatic heterocycles. The minimum Gasteiger partial charge on any atom is -0.381 e. The molecule has 3 rings (SSSR count). The second kappa shape index (κ2) is 11.1. The Bertz CT molecular complexity index is 341. The lowest BCUT2D eigenvalue weighted by molar-refractivity contribution is 0.141. The van der Waals surface area contributed by atoms with Gasteiger partial charge in [0.15, 0.2) is 0 Å². The number of ether oxygens (including phenoxy) is 1. The van der Waals surface area contributed by atoms with Gasteiger partial charge in [-0.25, -0.2) is 0 Å². The highest BCUT2D eigenvalue weighted by atomic mass is 16.5. The summed E-state index contributed by atoms with van der Waals surface area (Å²) in [5.41, 5.74) is 1.05. The number of hydrogen-bond donors (Lipinski definition) is 0. The van der Waals surface area contributed by atoms with Crippen molar-refractivity contribution in [3.8, 4) is 0 Å². The van der Waals surface area contributed by atoms with Crippen LogP contribution in [0, 0.1) is 34.5 Å². The Balaban J connectivity index is 0.000000195. The van der Waals surface area contributed by atoms with Crippen molar-refractivity contribution in [2.75, 3.05) is 13.2 Å². The highest BCUT2D eigenvalue weighted by molar-refractivity contribution is 4.80. The molecular formula is C25H50O. The van der Waals surface area contributed by atoms with E-state index in [0.29, 0.717) is 10.8 Å². The van der Waals surface area contributed by atoms with Gasteiger partial charge in [0.1, 0.15) is 0 Å². The molecule has 0 aromatic heterocycles. The average molecular weight is 367 g/mol. The lowest BCUT2D eigenvalue weighted by atomic mass is 9.69. The zero-order chi connectivity index (χ0) is 19.8. The summed E-state index contributed by atoms with van der Waals surface area (Å²) >= 11 is 0. The molecule has 2 aliphatic carbocycles. The number of hydrogen-bond acceptors (Lipinski definition) is 1. The van der Waals surface area contributed by atoms with Crippen LogP contribution in [0.2, 0.25) is 0 Å². The van der Waals surface area contributed by atoms with Crippen LogP contribution in [-0.2, 0) is 4.74 Å². The van der Waals surface area contributed by atoms with Crippen LogP contribution in [0.25, 0.3) is 0 Å². The third kappa shape index (κ3) is 9.25. The summed E-state index contributed by atoms with van der Waals surface area (Å²) in [6.45, 7) is 20.5. The van der Waals surface area contributed by atoms with Crippen molar-refractivity contribution < 1.29 is 4.74 Å². The van der Waals surface area contributed by atoms with Gasteiger partial charge in [-0.05, 0) is 53.8 Å². The second-order valence-corrected chi connectivity index (χ2v) is 11.6. The fourth-order valence-electron chi connectivity index (χ4n) is 4.29. The van der Waals surface area contributed by atoms with Gasteiger partial charge in [0.2, 0.25) is 0 Å². The first-order chi connectivity index (χ1) is 12.0. The molecule has 156 valence electrons. The van der Waals surface area contributed by atoms with Crippen LogP contribution < -0.4 is 0 Å². The first kappa shape index (κ1) is 24.0. The molecule has 1 heteroatoms. The molecule has 3 aliphatic rings. The Labute approximate surface area is 166 Å². The van der Waals surface area contributed by atoms with E-state index in [9.17, 15) is 0 Å². The molecule has 2 saturated carbocycles. The van der Waals surface area contributed by atoms with Gasteiger partial charge in [-0.15, -0.1) is 0 Å². The molecular weight excluding hydrogens is 316 g/mol. The summed E-state index contributed by atoms with van der Waals surface area (Å²) in [4.78, 5) is 0. The van der Waals surface area contributed by atoms with Crippen molar-refractivity contribution in [2.24, 2.45) is 34.5 Å². The van der Waals surface area contributed by atoms with E-state index in [1.807, 2.05) is 0 Å². The Morgan fingerprint density at radius 2 is 1.19 bits per heavy atom. The molecule has 0 N–H and O–H groups in total. The molecule has 0 aromatic rings. The lowest BCUT2D eigenvalue weighted by Crippen LogP contribution is -2.26. The van der Waals surface area contributed by atoms with E-state index in [1.165, 1.54) is 57.8 Å². The van der Waals surface area contributed by atoms with Crippen molar-refractivity contribution in [3.05, 3.63) is 0 Å². The summed E-state index contributed by atoms with van der Waals surface area (Å²) in [6.07, 6.45) is 13.1. The molecule has 0 amide bonds. The van der Waals surface area contributed by atoms with Crippen LogP contribution in [0.3, 0.4) is 0 Å². The summed E-state index contributed by atoms with van der Waals surface area (Å²) in [7, 11) is 0. The normalized spacial score (nSPS) is 25.0. The second-order valence-electron chi connectivity index (χ2n) is 11.6. The van der Waals surface area contributed by atoms with E-state index in [0.717, 1.165) is 36.9 Å². The van der Waals surface area contributed by atoms with Gasteiger partial charge < -0.3 is 4.74 Å². The minimum atomic E-state index is 0.455. The number of rotatable bonds is 1. The van der Waals surface area contributed by atoms with E-state index in [1.54, 1.807) is 0 Å². The molecule has 0 bridgehead atoms. The Morgan fingerprint density at radius 1 is 0.654 bits per heavy atom. The van der Waals surface area contributed by atoms with E-state index in [-0.39, 0.29) is 0 Å². The van der Waals surface area contributed by atoms with Crippen molar-refractivity contribution in [1.29, 1.82) is 0 Å². The summed E-state index contributed by atoms with van der Waals surface area (Å²) < 4.78 is 5.28. The van der Waals surface area contributed by atoms with Gasteiger partial charge in [0, 0.05) is 13.2 Å². The van der Waals surface area contributed by atoms with Crippen molar-refractivity contribution in [3.63, 3.8) is 0 Å². The first-order valence-corrected chi connectivity index (χ1v) is 11.6. The minimum absolute atomic E-state index is 0.455. The fourth-order valence-corrected chi connectivity index (χ4v) is 4.29. The van der Waals surface area contributed by atoms with Crippen LogP contribution >= 0.6 is 0 Å². The molecule has 0 aromatic carbocycles. The lowest BCUT2D eigenvalue weighted by Gasteiger charge is -2.37. The van der Waals surface area contributed by atoms with E-state index in [2.05, 4.69) is 55.4 Å². The van der Waals surface area contributed by atoms with Gasteiger partial charge in [0.25, 0.3) is 0 Å². The maximum Gasteiger partial charge on any atom is 0.0500 e. The highest BCUT2D eigenvalue weighted by Gasteiger charge is 2.29. The van der Waals surface area contributed by atoms with Crippen LogP contribution in [0.15, 0.2) is 0 Å². The third-order valence-corrected chi connectivity index (χ3v) is 7.08. The maximum absolute atomic E-state index is 5.28. The van der Waals surface area contributed by atoms with Gasteiger partial charge in [-0.2, -0.15) is 0 Å². The molecule has 26 heavy (non-hydrogen) atoms. The van der Waals surface area contributed by atoms with Gasteiger partial charge in [-0.1, -0.05) is 93.9 Å². The standard InChI is InChI=1S/C9H18.C8H16O.C8H16/c1-8(2)9-6-4-3-5-7-9;1-8(2,3)7-4-5-9-6-7;1-8(2,3)7-5-4-6-7/h8-9H,3-7H2,1-2H3;7H,4-6H2,1-3H3;7H,4-6H2,1-3H3. The summed E-state index contributed by atoms with van der Waals surface area (Å²) in [6, 6.07) is 0. The molecule has 1 atom stereocenters. The third-order valence-electron chi connectivity index (χ3n) is 7.08. The van der Waals surface area contributed by atoms with E-state index < -0.39 is 0 Å². The molecule has 0 spiro atoms. The first-order valence-electron chi connectivity index (χ1n) is 11.6. The van der Waals surface area contributed by atoms with Crippen molar-refractivity contribution in [1.82, 2.24) is 0 Å². The Hall–Kier alpha value is -0.0400. The monoisotopic (exact) mass is 366 g/mol. The van der Waals surface area contributed by atoms with Gasteiger partial charge in [-0.3, -0.25) is 0 Å².